The zero-order chi connectivity index (χ0) is 21.7. The van der Waals surface area contributed by atoms with Crippen molar-refractivity contribution in [2.45, 2.75) is 32.2 Å². The standard InChI is InChI=1S/C21H18F2N6O2/c1-11-26-16-8-13(3-4-18(16)31-11)20(30)28(2)14-5-12(6-14)7-15-9-17(19(22)23)27-21-24-10-25-29(15)21/h3-4,7-10,14,19H,5-6H2,1-2H3. The van der Waals surface area contributed by atoms with Gasteiger partial charge in [-0.15, -0.1) is 0 Å². The second kappa shape index (κ2) is 7.22. The van der Waals surface area contributed by atoms with Crippen molar-refractivity contribution in [3.63, 3.8) is 0 Å². The van der Waals surface area contributed by atoms with Crippen molar-refractivity contribution in [3.05, 3.63) is 59.0 Å². The van der Waals surface area contributed by atoms with E-state index in [1.54, 1.807) is 37.1 Å². The number of carbonyl (C=O) groups is 1. The molecule has 1 saturated carbocycles. The number of aryl methyl sites for hydroxylation is 1. The minimum Gasteiger partial charge on any atom is -0.441 e. The molecule has 10 heteroatoms. The fourth-order valence-electron chi connectivity index (χ4n) is 3.76. The molecule has 4 aromatic rings. The smallest absolute Gasteiger partial charge is 0.280 e. The Kier molecular flexibility index (Phi) is 4.49. The van der Waals surface area contributed by atoms with Gasteiger partial charge in [0, 0.05) is 25.6 Å². The van der Waals surface area contributed by atoms with E-state index in [0.29, 0.717) is 41.1 Å². The molecule has 31 heavy (non-hydrogen) atoms. The van der Waals surface area contributed by atoms with Gasteiger partial charge in [0.05, 0.1) is 5.69 Å². The number of amides is 1. The summed E-state index contributed by atoms with van der Waals surface area (Å²) in [5, 5.41) is 4.05. The molecule has 1 fully saturated rings. The molecule has 0 atom stereocenters. The predicted octanol–water partition coefficient (Wildman–Crippen LogP) is 3.83. The molecule has 5 rings (SSSR count). The van der Waals surface area contributed by atoms with E-state index in [-0.39, 0.29) is 23.4 Å². The normalized spacial score (nSPS) is 16.2. The van der Waals surface area contributed by atoms with Crippen molar-refractivity contribution >= 4 is 28.9 Å². The molecule has 8 nitrogen and oxygen atoms in total. The molecule has 1 aliphatic carbocycles. The lowest BCUT2D eigenvalue weighted by Gasteiger charge is -2.37. The summed E-state index contributed by atoms with van der Waals surface area (Å²) in [6.45, 7) is 1.76. The number of aromatic nitrogens is 5. The number of halogens is 2. The van der Waals surface area contributed by atoms with Gasteiger partial charge in [-0.3, -0.25) is 4.79 Å². The average molecular weight is 424 g/mol. The van der Waals surface area contributed by atoms with Crippen LogP contribution in [-0.4, -0.2) is 48.5 Å². The Labute approximate surface area is 175 Å². The number of fused-ring (bicyclic) bond motifs is 2. The van der Waals surface area contributed by atoms with Crippen LogP contribution in [-0.2, 0) is 0 Å². The van der Waals surface area contributed by atoms with Gasteiger partial charge in [-0.25, -0.2) is 18.7 Å². The Hall–Kier alpha value is -3.69. The van der Waals surface area contributed by atoms with Crippen LogP contribution >= 0.6 is 0 Å². The molecular formula is C21H18F2N6O2. The fourth-order valence-corrected chi connectivity index (χ4v) is 3.76. The topological polar surface area (TPSA) is 89.4 Å². The van der Waals surface area contributed by atoms with Crippen LogP contribution in [0.5, 0.6) is 0 Å². The fraction of sp³-hybridized carbons (Fsp3) is 0.286. The molecule has 1 aromatic carbocycles. The van der Waals surface area contributed by atoms with Gasteiger partial charge in [-0.05, 0) is 43.2 Å². The summed E-state index contributed by atoms with van der Waals surface area (Å²) in [4.78, 5) is 26.6. The quantitative estimate of drug-likeness (QED) is 0.495. The number of oxazole rings is 1. The zero-order valence-electron chi connectivity index (χ0n) is 16.8. The van der Waals surface area contributed by atoms with Crippen LogP contribution in [0.1, 0.15) is 46.9 Å². The number of carbonyl (C=O) groups excluding carboxylic acids is 1. The summed E-state index contributed by atoms with van der Waals surface area (Å²) >= 11 is 0. The molecule has 0 bridgehead atoms. The highest BCUT2D eigenvalue weighted by Gasteiger charge is 2.30. The van der Waals surface area contributed by atoms with Crippen LogP contribution in [0.15, 0.2) is 40.6 Å². The Morgan fingerprint density at radius 3 is 2.87 bits per heavy atom. The summed E-state index contributed by atoms with van der Waals surface area (Å²) in [5.41, 5.74) is 3.03. The maximum Gasteiger partial charge on any atom is 0.280 e. The number of hydrogen-bond donors (Lipinski definition) is 0. The van der Waals surface area contributed by atoms with Crippen LogP contribution < -0.4 is 0 Å². The van der Waals surface area contributed by atoms with Gasteiger partial charge in [-0.2, -0.15) is 14.6 Å². The van der Waals surface area contributed by atoms with Gasteiger partial charge in [0.2, 0.25) is 0 Å². The summed E-state index contributed by atoms with van der Waals surface area (Å²) in [7, 11) is 1.76. The van der Waals surface area contributed by atoms with Crippen molar-refractivity contribution in [2.24, 2.45) is 0 Å². The minimum atomic E-state index is -2.69. The van der Waals surface area contributed by atoms with Crippen molar-refractivity contribution in [1.82, 2.24) is 29.5 Å². The lowest BCUT2D eigenvalue weighted by molar-refractivity contribution is 0.0699. The number of benzene rings is 1. The van der Waals surface area contributed by atoms with Gasteiger partial charge >= 0.3 is 0 Å². The molecule has 0 unspecified atom stereocenters. The first-order chi connectivity index (χ1) is 14.9. The number of nitrogens with zero attached hydrogens (tertiary/aromatic N) is 6. The van der Waals surface area contributed by atoms with Gasteiger partial charge in [0.15, 0.2) is 11.5 Å². The summed E-state index contributed by atoms with van der Waals surface area (Å²) in [5.74, 6) is 0.579. The molecule has 0 spiro atoms. The highest BCUT2D eigenvalue weighted by Crippen LogP contribution is 2.33. The minimum absolute atomic E-state index is 0.0242. The van der Waals surface area contributed by atoms with Crippen LogP contribution in [0.4, 0.5) is 8.78 Å². The maximum absolute atomic E-state index is 13.1. The van der Waals surface area contributed by atoms with E-state index in [4.69, 9.17) is 4.42 Å². The molecule has 3 heterocycles. The third-order valence-electron chi connectivity index (χ3n) is 5.48. The van der Waals surface area contributed by atoms with Gasteiger partial charge in [0.25, 0.3) is 18.1 Å². The zero-order valence-corrected chi connectivity index (χ0v) is 16.8. The average Bonchev–Trinajstić information content (AvgIpc) is 3.33. The van der Waals surface area contributed by atoms with E-state index in [2.05, 4.69) is 20.1 Å². The first kappa shape index (κ1) is 19.3. The maximum atomic E-state index is 13.1. The number of hydrogen-bond acceptors (Lipinski definition) is 6. The first-order valence-corrected chi connectivity index (χ1v) is 9.71. The van der Waals surface area contributed by atoms with Crippen LogP contribution in [0.25, 0.3) is 23.0 Å². The second-order valence-corrected chi connectivity index (χ2v) is 7.57. The van der Waals surface area contributed by atoms with Crippen molar-refractivity contribution < 1.29 is 18.0 Å². The Bertz CT molecular complexity index is 1330. The lowest BCUT2D eigenvalue weighted by Crippen LogP contribution is -2.42. The van der Waals surface area contributed by atoms with Crippen molar-refractivity contribution in [3.8, 4) is 0 Å². The lowest BCUT2D eigenvalue weighted by atomic mass is 9.84. The van der Waals surface area contributed by atoms with Gasteiger partial charge < -0.3 is 9.32 Å². The van der Waals surface area contributed by atoms with Crippen molar-refractivity contribution in [1.29, 1.82) is 0 Å². The first-order valence-electron chi connectivity index (χ1n) is 9.71. The highest BCUT2D eigenvalue weighted by atomic mass is 19.3. The van der Waals surface area contributed by atoms with Gasteiger partial charge in [0.1, 0.15) is 17.5 Å². The van der Waals surface area contributed by atoms with E-state index >= 15 is 0 Å². The van der Waals surface area contributed by atoms with Crippen LogP contribution in [0.2, 0.25) is 0 Å². The molecule has 0 saturated heterocycles. The van der Waals surface area contributed by atoms with E-state index in [0.717, 1.165) is 5.57 Å². The number of rotatable bonds is 4. The van der Waals surface area contributed by atoms with E-state index in [1.807, 2.05) is 6.08 Å². The van der Waals surface area contributed by atoms with Crippen LogP contribution in [0.3, 0.4) is 0 Å². The molecule has 158 valence electrons. The van der Waals surface area contributed by atoms with E-state index < -0.39 is 6.43 Å². The summed E-state index contributed by atoms with van der Waals surface area (Å²) < 4.78 is 33.2. The van der Waals surface area contributed by atoms with Crippen LogP contribution in [0, 0.1) is 6.92 Å². The summed E-state index contributed by atoms with van der Waals surface area (Å²) in [6, 6.07) is 6.54. The molecule has 0 N–H and O–H groups in total. The third-order valence-corrected chi connectivity index (χ3v) is 5.48. The SMILES string of the molecule is Cc1nc2cc(C(=O)N(C)C3CC(=Cc4cc(C(F)F)nc5ncnn45)C3)ccc2o1. The Morgan fingerprint density at radius 1 is 1.29 bits per heavy atom. The van der Waals surface area contributed by atoms with E-state index in [1.165, 1.54) is 16.9 Å². The third kappa shape index (κ3) is 3.43. The largest absolute Gasteiger partial charge is 0.441 e. The molecule has 0 radical (unpaired) electrons. The molecule has 1 aliphatic rings. The monoisotopic (exact) mass is 424 g/mol. The Morgan fingerprint density at radius 2 is 2.10 bits per heavy atom. The van der Waals surface area contributed by atoms with E-state index in [9.17, 15) is 13.6 Å². The highest BCUT2D eigenvalue weighted by molar-refractivity contribution is 5.97. The Balaban J connectivity index is 1.33. The number of alkyl halides is 2. The van der Waals surface area contributed by atoms with Gasteiger partial charge in [-0.1, -0.05) is 5.57 Å². The molecule has 3 aromatic heterocycles. The molecule has 1 amide bonds. The summed E-state index contributed by atoms with van der Waals surface area (Å²) in [6.07, 6.45) is 1.70. The van der Waals surface area contributed by atoms with Crippen molar-refractivity contribution in [2.75, 3.05) is 7.05 Å². The molecule has 0 aliphatic heterocycles. The predicted molar refractivity (Wildman–Crippen MR) is 108 cm³/mol. The molecular weight excluding hydrogens is 406 g/mol. The second-order valence-electron chi connectivity index (χ2n) is 7.57.